The Morgan fingerprint density at radius 2 is 1.86 bits per heavy atom. The molecule has 0 aliphatic rings. The van der Waals surface area contributed by atoms with E-state index in [1.54, 1.807) is 0 Å². The lowest BCUT2D eigenvalue weighted by Crippen LogP contribution is -1.82. The largest absolute Gasteiger partial charge is 0.265 e. The first kappa shape index (κ1) is 10.7. The highest BCUT2D eigenvalue weighted by molar-refractivity contribution is 5.66. The molecule has 1 nitrogen and oxygen atoms in total. The van der Waals surface area contributed by atoms with Crippen LogP contribution in [0.2, 0.25) is 0 Å². The van der Waals surface area contributed by atoms with Crippen molar-refractivity contribution in [3.8, 4) is 0 Å². The van der Waals surface area contributed by atoms with Crippen LogP contribution in [0.1, 0.15) is 32.8 Å². The molecular weight excluding hydrogens is 170 g/mol. The zero-order valence-corrected chi connectivity index (χ0v) is 9.12. The number of pyridine rings is 1. The highest BCUT2D eigenvalue weighted by Crippen LogP contribution is 2.17. The van der Waals surface area contributed by atoms with E-state index in [1.807, 2.05) is 24.5 Å². The quantitative estimate of drug-likeness (QED) is 0.655. The maximum absolute atomic E-state index is 4.01. The SMILES string of the molecule is CC/C(=C\C=C(C)C)c1ccncc1. The lowest BCUT2D eigenvalue weighted by Gasteiger charge is -2.02. The van der Waals surface area contributed by atoms with Crippen LogP contribution < -0.4 is 0 Å². The van der Waals surface area contributed by atoms with Crippen molar-refractivity contribution in [2.75, 3.05) is 0 Å². The van der Waals surface area contributed by atoms with Crippen molar-refractivity contribution in [1.29, 1.82) is 0 Å². The van der Waals surface area contributed by atoms with E-state index in [-0.39, 0.29) is 0 Å². The topological polar surface area (TPSA) is 12.9 Å². The fraction of sp³-hybridized carbons (Fsp3) is 0.308. The summed E-state index contributed by atoms with van der Waals surface area (Å²) in [6.45, 7) is 6.39. The maximum atomic E-state index is 4.01. The molecule has 0 aliphatic carbocycles. The molecule has 0 N–H and O–H groups in total. The number of aromatic nitrogens is 1. The summed E-state index contributed by atoms with van der Waals surface area (Å²) in [6, 6.07) is 4.10. The second kappa shape index (κ2) is 5.38. The van der Waals surface area contributed by atoms with Gasteiger partial charge in [0.25, 0.3) is 0 Å². The standard InChI is InChI=1S/C13H17N/c1-4-12(6-5-11(2)3)13-7-9-14-10-8-13/h5-10H,4H2,1-3H3/b12-6+. The summed E-state index contributed by atoms with van der Waals surface area (Å²) in [5, 5.41) is 0. The monoisotopic (exact) mass is 187 g/mol. The van der Waals surface area contributed by atoms with Crippen molar-refractivity contribution in [2.24, 2.45) is 0 Å². The first-order valence-electron chi connectivity index (χ1n) is 4.98. The molecule has 0 atom stereocenters. The van der Waals surface area contributed by atoms with Crippen LogP contribution in [0.5, 0.6) is 0 Å². The molecule has 0 radical (unpaired) electrons. The molecular formula is C13H17N. The van der Waals surface area contributed by atoms with Gasteiger partial charge in [0.05, 0.1) is 0 Å². The molecule has 0 fully saturated rings. The molecule has 0 aromatic carbocycles. The van der Waals surface area contributed by atoms with Gasteiger partial charge in [-0.2, -0.15) is 0 Å². The second-order valence-electron chi connectivity index (χ2n) is 3.53. The third kappa shape index (κ3) is 3.17. The van der Waals surface area contributed by atoms with E-state index in [9.17, 15) is 0 Å². The fourth-order valence-corrected chi connectivity index (χ4v) is 1.25. The van der Waals surface area contributed by atoms with Crippen LogP contribution in [0.3, 0.4) is 0 Å². The van der Waals surface area contributed by atoms with Crippen molar-refractivity contribution >= 4 is 5.57 Å². The molecule has 1 aromatic heterocycles. The third-order valence-corrected chi connectivity index (χ3v) is 2.05. The van der Waals surface area contributed by atoms with Gasteiger partial charge in [-0.05, 0) is 43.5 Å². The van der Waals surface area contributed by atoms with Gasteiger partial charge in [-0.15, -0.1) is 0 Å². The molecule has 0 saturated carbocycles. The summed E-state index contributed by atoms with van der Waals surface area (Å²) in [4.78, 5) is 4.01. The van der Waals surface area contributed by atoms with E-state index >= 15 is 0 Å². The van der Waals surface area contributed by atoms with Crippen molar-refractivity contribution in [1.82, 2.24) is 4.98 Å². The predicted molar refractivity (Wildman–Crippen MR) is 61.9 cm³/mol. The number of allylic oxidation sites excluding steroid dienone is 4. The molecule has 0 saturated heterocycles. The Morgan fingerprint density at radius 1 is 1.21 bits per heavy atom. The van der Waals surface area contributed by atoms with Gasteiger partial charge in [0.1, 0.15) is 0 Å². The highest BCUT2D eigenvalue weighted by Gasteiger charge is 1.95. The van der Waals surface area contributed by atoms with Gasteiger partial charge in [0.15, 0.2) is 0 Å². The number of hydrogen-bond donors (Lipinski definition) is 0. The third-order valence-electron chi connectivity index (χ3n) is 2.05. The van der Waals surface area contributed by atoms with Crippen molar-refractivity contribution in [3.05, 3.63) is 47.8 Å². The summed E-state index contributed by atoms with van der Waals surface area (Å²) in [7, 11) is 0. The van der Waals surface area contributed by atoms with Crippen molar-refractivity contribution in [3.63, 3.8) is 0 Å². The predicted octanol–water partition coefficient (Wildman–Crippen LogP) is 3.84. The zero-order chi connectivity index (χ0) is 10.4. The molecule has 0 spiro atoms. The summed E-state index contributed by atoms with van der Waals surface area (Å²) in [6.07, 6.45) is 9.06. The summed E-state index contributed by atoms with van der Waals surface area (Å²) >= 11 is 0. The summed E-state index contributed by atoms with van der Waals surface area (Å²) in [5.41, 5.74) is 3.94. The first-order valence-corrected chi connectivity index (χ1v) is 4.98. The minimum absolute atomic E-state index is 1.05. The van der Waals surface area contributed by atoms with Crippen LogP contribution in [0.4, 0.5) is 0 Å². The Balaban J connectivity index is 2.93. The van der Waals surface area contributed by atoms with Crippen LogP contribution in [0.15, 0.2) is 42.3 Å². The van der Waals surface area contributed by atoms with Gasteiger partial charge in [-0.1, -0.05) is 24.6 Å². The van der Waals surface area contributed by atoms with Gasteiger partial charge in [-0.3, -0.25) is 4.98 Å². The lowest BCUT2D eigenvalue weighted by atomic mass is 10.0. The van der Waals surface area contributed by atoms with Crippen molar-refractivity contribution in [2.45, 2.75) is 27.2 Å². The molecule has 74 valence electrons. The van der Waals surface area contributed by atoms with Crippen LogP contribution >= 0.6 is 0 Å². The van der Waals surface area contributed by atoms with Crippen LogP contribution in [-0.4, -0.2) is 4.98 Å². The number of nitrogens with zero attached hydrogens (tertiary/aromatic N) is 1. The molecule has 1 aromatic rings. The fourth-order valence-electron chi connectivity index (χ4n) is 1.25. The van der Waals surface area contributed by atoms with Crippen LogP contribution in [0, 0.1) is 0 Å². The molecule has 0 bridgehead atoms. The van der Waals surface area contributed by atoms with Gasteiger partial charge >= 0.3 is 0 Å². The average Bonchev–Trinajstić information content (AvgIpc) is 2.20. The first-order chi connectivity index (χ1) is 6.74. The Hall–Kier alpha value is -1.37. The number of rotatable bonds is 3. The Labute approximate surface area is 86.2 Å². The minimum atomic E-state index is 1.05. The minimum Gasteiger partial charge on any atom is -0.265 e. The van der Waals surface area contributed by atoms with E-state index in [1.165, 1.54) is 16.7 Å². The van der Waals surface area contributed by atoms with Gasteiger partial charge in [0, 0.05) is 12.4 Å². The van der Waals surface area contributed by atoms with Crippen LogP contribution in [-0.2, 0) is 0 Å². The normalized spacial score (nSPS) is 11.2. The lowest BCUT2D eigenvalue weighted by molar-refractivity contribution is 1.22. The molecule has 1 heteroatoms. The zero-order valence-electron chi connectivity index (χ0n) is 9.12. The van der Waals surface area contributed by atoms with E-state index in [4.69, 9.17) is 0 Å². The molecule has 1 heterocycles. The molecule has 14 heavy (non-hydrogen) atoms. The molecule has 0 unspecified atom stereocenters. The summed E-state index contributed by atoms with van der Waals surface area (Å²) in [5.74, 6) is 0. The maximum Gasteiger partial charge on any atom is 0.0273 e. The van der Waals surface area contributed by atoms with E-state index in [0.717, 1.165) is 6.42 Å². The van der Waals surface area contributed by atoms with Gasteiger partial charge in [0.2, 0.25) is 0 Å². The Bertz CT molecular complexity index is 330. The van der Waals surface area contributed by atoms with E-state index in [2.05, 4.69) is 37.9 Å². The smallest absolute Gasteiger partial charge is 0.0273 e. The average molecular weight is 187 g/mol. The van der Waals surface area contributed by atoms with Crippen LogP contribution in [0.25, 0.3) is 5.57 Å². The molecule has 0 aliphatic heterocycles. The van der Waals surface area contributed by atoms with E-state index < -0.39 is 0 Å². The Morgan fingerprint density at radius 3 is 2.36 bits per heavy atom. The molecule has 0 amide bonds. The van der Waals surface area contributed by atoms with Gasteiger partial charge in [-0.25, -0.2) is 0 Å². The highest BCUT2D eigenvalue weighted by atomic mass is 14.6. The van der Waals surface area contributed by atoms with Crippen molar-refractivity contribution < 1.29 is 0 Å². The Kier molecular flexibility index (Phi) is 4.11. The van der Waals surface area contributed by atoms with Gasteiger partial charge < -0.3 is 0 Å². The second-order valence-corrected chi connectivity index (χ2v) is 3.53. The number of hydrogen-bond acceptors (Lipinski definition) is 1. The van der Waals surface area contributed by atoms with E-state index in [0.29, 0.717) is 0 Å². The summed E-state index contributed by atoms with van der Waals surface area (Å²) < 4.78 is 0. The molecule has 1 rings (SSSR count).